The molecule has 5 heterocycles. The Balaban J connectivity index is 1.24. The van der Waals surface area contributed by atoms with Crippen molar-refractivity contribution in [2.24, 2.45) is 0 Å². The number of benzene rings is 8. The van der Waals surface area contributed by atoms with Gasteiger partial charge >= 0.3 is 0 Å². The molecule has 0 amide bonds. The van der Waals surface area contributed by atoms with Gasteiger partial charge in [0.2, 0.25) is 0 Å². The minimum Gasteiger partial charge on any atom is -0.454 e. The van der Waals surface area contributed by atoms with Crippen molar-refractivity contribution in [3.05, 3.63) is 201 Å². The second-order valence-corrected chi connectivity index (χ2v) is 24.1. The second kappa shape index (κ2) is 17.4. The number of nitrogens with zero attached hydrogens (tertiary/aromatic N) is 8. The first-order valence-electron chi connectivity index (χ1n) is 26.8. The number of fused-ring (bicyclic) bond motifs is 11. The first-order valence-corrected chi connectivity index (χ1v) is 26.8. The van der Waals surface area contributed by atoms with Crippen LogP contribution >= 0.6 is 0 Å². The van der Waals surface area contributed by atoms with Gasteiger partial charge in [-0.2, -0.15) is 10.5 Å². The highest BCUT2D eigenvalue weighted by Gasteiger charge is 2.53. The molecule has 0 spiro atoms. The van der Waals surface area contributed by atoms with Crippen LogP contribution in [0, 0.1) is 35.8 Å². The van der Waals surface area contributed by atoms with Crippen LogP contribution in [0.5, 0.6) is 34.5 Å². The summed E-state index contributed by atoms with van der Waals surface area (Å²) in [5, 5.41) is 23.1. The molecule has 2 bridgehead atoms. The van der Waals surface area contributed by atoms with E-state index in [9.17, 15) is 10.5 Å². The summed E-state index contributed by atoms with van der Waals surface area (Å²) >= 11 is 0. The number of rotatable bonds is 4. The Bertz CT molecular complexity index is 4120. The van der Waals surface area contributed by atoms with Gasteiger partial charge in [-0.3, -0.25) is 0 Å². The van der Waals surface area contributed by atoms with E-state index < -0.39 is 0 Å². The summed E-state index contributed by atoms with van der Waals surface area (Å²) < 4.78 is 20.9. The molecule has 8 aromatic rings. The van der Waals surface area contributed by atoms with E-state index in [1.807, 2.05) is 48.5 Å². The monoisotopic (exact) mass is 1030 g/mol. The fourth-order valence-corrected chi connectivity index (χ4v) is 12.3. The molecule has 0 aliphatic carbocycles. The van der Waals surface area contributed by atoms with E-state index in [0.717, 1.165) is 63.4 Å². The summed E-state index contributed by atoms with van der Waals surface area (Å²) in [6, 6.07) is 51.2. The molecule has 2 unspecified atom stereocenters. The molecule has 5 aliphatic rings. The Kier molecular flexibility index (Phi) is 10.8. The van der Waals surface area contributed by atoms with E-state index in [0.29, 0.717) is 91.1 Å². The first-order chi connectivity index (χ1) is 37.9. The molecule has 1 saturated heterocycles. The zero-order valence-corrected chi connectivity index (χ0v) is 45.7. The summed E-state index contributed by atoms with van der Waals surface area (Å²) in [5.74, 6) is 3.27. The average Bonchev–Trinajstić information content (AvgIpc) is 2.61. The zero-order valence-electron chi connectivity index (χ0n) is 45.7. The van der Waals surface area contributed by atoms with Crippen molar-refractivity contribution in [3.8, 4) is 46.6 Å². The normalized spacial score (nSPS) is 16.2. The fourth-order valence-electron chi connectivity index (χ4n) is 12.3. The van der Waals surface area contributed by atoms with E-state index in [2.05, 4.69) is 183 Å². The first kappa shape index (κ1) is 48.9. The standard InChI is InChI=1S/C68H56N8O3/c1-66(2,3)40-18-24-48-56(32-40)77-55-31-39(37-69)17-23-47(55)74(48)63-46(38-70)64(75-49-25-19-41(67(4,5)6)33-57(49)78-59-35-43(71-10)21-27-51(59)75)65(62-54-30-29-53(61(62)63)73(54)45-15-13-12-14-16-45)76-50-26-20-42(68(7,8)9)34-58(50)79-60-36-44(72-11)22-28-52(60)76/h12-28,31-36,53-54H,29-30H2,1-9H3. The van der Waals surface area contributed by atoms with Crippen LogP contribution in [-0.4, -0.2) is 0 Å². The Labute approximate surface area is 461 Å². The van der Waals surface area contributed by atoms with Crippen molar-refractivity contribution in [1.29, 1.82) is 10.5 Å². The highest BCUT2D eigenvalue weighted by Crippen LogP contribution is 2.70. The van der Waals surface area contributed by atoms with Crippen LogP contribution in [-0.2, 0) is 16.2 Å². The number of anilines is 10. The Morgan fingerprint density at radius 2 is 0.823 bits per heavy atom. The minimum atomic E-state index is -0.252. The van der Waals surface area contributed by atoms with Crippen LogP contribution in [0.3, 0.4) is 0 Å². The fraction of sp³-hybridized carbons (Fsp3) is 0.235. The van der Waals surface area contributed by atoms with E-state index >= 15 is 0 Å². The summed E-state index contributed by atoms with van der Waals surface area (Å²) in [4.78, 5) is 17.0. The predicted octanol–water partition coefficient (Wildman–Crippen LogP) is 19.5. The molecule has 8 aromatic carbocycles. The third-order valence-electron chi connectivity index (χ3n) is 16.2. The highest BCUT2D eigenvalue weighted by atomic mass is 16.5. The molecular weight excluding hydrogens is 977 g/mol. The van der Waals surface area contributed by atoms with Crippen molar-refractivity contribution in [2.75, 3.05) is 19.6 Å². The van der Waals surface area contributed by atoms with Crippen LogP contribution in [0.2, 0.25) is 0 Å². The summed E-state index contributed by atoms with van der Waals surface area (Å²) in [6.07, 6.45) is 1.62. The third-order valence-corrected chi connectivity index (χ3v) is 16.2. The SMILES string of the molecule is [C-]#[N+]c1ccc2c(c1)Oc1cc(C(C)(C)C)ccc1N2c1c(C#N)c(N2c3ccc(C#N)cc3Oc3cc(C(C)(C)C)ccc32)c2c(c1N1c3ccc([N+]#[C-])cc3Oc3cc(C(C)(C)C)ccc31)C1CCC2N1c1ccccc1. The lowest BCUT2D eigenvalue weighted by Crippen LogP contribution is -2.27. The van der Waals surface area contributed by atoms with Gasteiger partial charge in [-0.15, -0.1) is 0 Å². The van der Waals surface area contributed by atoms with Crippen LogP contribution in [0.1, 0.15) is 126 Å². The second-order valence-electron chi connectivity index (χ2n) is 24.1. The van der Waals surface area contributed by atoms with Gasteiger partial charge < -0.3 is 33.8 Å². The molecule has 0 aromatic heterocycles. The molecule has 0 saturated carbocycles. The Morgan fingerprint density at radius 3 is 1.24 bits per heavy atom. The molecule has 1 fully saturated rings. The van der Waals surface area contributed by atoms with Gasteiger partial charge in [0.05, 0.1) is 88.0 Å². The maximum atomic E-state index is 12.8. The van der Waals surface area contributed by atoms with Gasteiger partial charge in [0.25, 0.3) is 0 Å². The third kappa shape index (κ3) is 7.56. The number of hydrogen-bond acceptors (Lipinski definition) is 9. The van der Waals surface area contributed by atoms with Gasteiger partial charge in [-0.05, 0) is 131 Å². The highest BCUT2D eigenvalue weighted by molar-refractivity contribution is 6.07. The zero-order chi connectivity index (χ0) is 55.0. The largest absolute Gasteiger partial charge is 0.454 e. The topological polar surface area (TPSA) is 97.0 Å². The summed E-state index contributed by atoms with van der Waals surface area (Å²) in [6.45, 7) is 36.0. The predicted molar refractivity (Wildman–Crippen MR) is 312 cm³/mol. The van der Waals surface area contributed by atoms with Gasteiger partial charge in [0, 0.05) is 22.9 Å². The van der Waals surface area contributed by atoms with Gasteiger partial charge in [0.15, 0.2) is 34.4 Å². The van der Waals surface area contributed by atoms with Gasteiger partial charge in [-0.25, -0.2) is 9.69 Å². The van der Waals surface area contributed by atoms with Crippen LogP contribution in [0.4, 0.5) is 68.2 Å². The molecule has 11 nitrogen and oxygen atoms in total. The van der Waals surface area contributed by atoms with Crippen molar-refractivity contribution in [3.63, 3.8) is 0 Å². The molecule has 0 radical (unpaired) electrons. The van der Waals surface area contributed by atoms with Crippen molar-refractivity contribution < 1.29 is 14.2 Å². The molecule has 2 atom stereocenters. The average molecular weight is 1030 g/mol. The summed E-state index contributed by atoms with van der Waals surface area (Å²) in [7, 11) is 0. The van der Waals surface area contributed by atoms with E-state index in [1.54, 1.807) is 12.1 Å². The summed E-state index contributed by atoms with van der Waals surface area (Å²) in [5.41, 5.74) is 13.6. The lowest BCUT2D eigenvalue weighted by atomic mass is 9.83. The molecule has 0 N–H and O–H groups in total. The maximum absolute atomic E-state index is 12.8. The van der Waals surface area contributed by atoms with Gasteiger partial charge in [0.1, 0.15) is 23.1 Å². The van der Waals surface area contributed by atoms with E-state index in [1.165, 1.54) is 0 Å². The number of ether oxygens (including phenoxy) is 3. The lowest BCUT2D eigenvalue weighted by Gasteiger charge is -2.43. The molecule has 13 rings (SSSR count). The smallest absolute Gasteiger partial charge is 0.191 e. The number of para-hydroxylation sites is 1. The molecule has 79 heavy (non-hydrogen) atoms. The number of nitriles is 2. The van der Waals surface area contributed by atoms with Crippen LogP contribution in [0.15, 0.2) is 140 Å². The van der Waals surface area contributed by atoms with Crippen LogP contribution in [0.25, 0.3) is 9.69 Å². The van der Waals surface area contributed by atoms with E-state index in [-0.39, 0.29) is 28.3 Å². The van der Waals surface area contributed by atoms with Crippen molar-refractivity contribution in [2.45, 2.75) is 103 Å². The quantitative estimate of drug-likeness (QED) is 0.160. The number of hydrogen-bond donors (Lipinski definition) is 0. The Hall–Kier alpha value is -9.68. The van der Waals surface area contributed by atoms with Crippen LogP contribution < -0.4 is 33.8 Å². The minimum absolute atomic E-state index is 0.202. The maximum Gasteiger partial charge on any atom is 0.191 e. The molecule has 5 aliphatic heterocycles. The molecular formula is C68H56N8O3. The van der Waals surface area contributed by atoms with E-state index in [4.69, 9.17) is 27.4 Å². The van der Waals surface area contributed by atoms with Crippen molar-refractivity contribution in [1.82, 2.24) is 0 Å². The molecule has 386 valence electrons. The van der Waals surface area contributed by atoms with Crippen molar-refractivity contribution >= 4 is 68.2 Å². The lowest BCUT2D eigenvalue weighted by molar-refractivity contribution is 0.472. The Morgan fingerprint density at radius 1 is 0.443 bits per heavy atom. The van der Waals surface area contributed by atoms with Gasteiger partial charge in [-0.1, -0.05) is 111 Å². The molecule has 11 heteroatoms.